The maximum atomic E-state index is 12.7. The van der Waals surface area contributed by atoms with Gasteiger partial charge in [-0.1, -0.05) is 12.1 Å². The summed E-state index contributed by atoms with van der Waals surface area (Å²) in [5.41, 5.74) is 1.27. The maximum Gasteiger partial charge on any atom is 0.253 e. The summed E-state index contributed by atoms with van der Waals surface area (Å²) in [6.45, 7) is 5.31. The largest absolute Gasteiger partial charge is 0.390 e. The smallest absolute Gasteiger partial charge is 0.253 e. The van der Waals surface area contributed by atoms with Crippen LogP contribution in [0.25, 0.3) is 0 Å². The number of piperidine rings is 1. The number of amides is 1. The number of benzene rings is 1. The molecule has 1 aliphatic heterocycles. The number of aliphatic hydroxyl groups is 1. The first-order valence-corrected chi connectivity index (χ1v) is 8.53. The highest BCUT2D eigenvalue weighted by Gasteiger charge is 2.25. The normalized spacial score (nSPS) is 19.2. The Hall–Kier alpha value is -1.39. The van der Waals surface area contributed by atoms with Crippen LogP contribution < -0.4 is 0 Å². The van der Waals surface area contributed by atoms with E-state index in [9.17, 15) is 9.90 Å². The third-order valence-corrected chi connectivity index (χ3v) is 4.64. The molecule has 1 heterocycles. The molecule has 1 atom stereocenters. The highest BCUT2D eigenvalue weighted by atomic mass is 16.3. The molecular formula is C19H30N2O2. The Labute approximate surface area is 140 Å². The van der Waals surface area contributed by atoms with Gasteiger partial charge in [0.1, 0.15) is 0 Å². The highest BCUT2D eigenvalue weighted by Crippen LogP contribution is 2.18. The number of nitrogens with zero attached hydrogens (tertiary/aromatic N) is 2. The van der Waals surface area contributed by atoms with Crippen LogP contribution in [0.2, 0.25) is 0 Å². The SMILES string of the molecule is CN(C)[C@H]1CCCN(C(=O)c2ccc(CCC(C)(C)O)cc2)C1. The summed E-state index contributed by atoms with van der Waals surface area (Å²) < 4.78 is 0. The molecular weight excluding hydrogens is 288 g/mol. The van der Waals surface area contributed by atoms with Crippen molar-refractivity contribution in [3.05, 3.63) is 35.4 Å². The zero-order valence-corrected chi connectivity index (χ0v) is 14.9. The number of likely N-dealkylation sites (N-methyl/N-ethyl adjacent to an activating group) is 1. The average molecular weight is 318 g/mol. The first-order chi connectivity index (χ1) is 10.8. The fourth-order valence-corrected chi connectivity index (χ4v) is 3.01. The van der Waals surface area contributed by atoms with Gasteiger partial charge in [0.05, 0.1) is 5.60 Å². The fourth-order valence-electron chi connectivity index (χ4n) is 3.01. The van der Waals surface area contributed by atoms with Crippen LogP contribution in [-0.2, 0) is 6.42 Å². The van der Waals surface area contributed by atoms with E-state index in [4.69, 9.17) is 0 Å². The van der Waals surface area contributed by atoms with Crippen LogP contribution in [-0.4, -0.2) is 59.6 Å². The summed E-state index contributed by atoms with van der Waals surface area (Å²) >= 11 is 0. The number of carbonyl (C=O) groups is 1. The molecule has 0 bridgehead atoms. The molecule has 4 nitrogen and oxygen atoms in total. The van der Waals surface area contributed by atoms with Gasteiger partial charge in [0, 0.05) is 24.7 Å². The molecule has 128 valence electrons. The van der Waals surface area contributed by atoms with Crippen molar-refractivity contribution in [1.82, 2.24) is 9.80 Å². The van der Waals surface area contributed by atoms with Crippen molar-refractivity contribution in [3.8, 4) is 0 Å². The zero-order valence-electron chi connectivity index (χ0n) is 14.9. The van der Waals surface area contributed by atoms with Crippen LogP contribution in [0.5, 0.6) is 0 Å². The van der Waals surface area contributed by atoms with Crippen molar-refractivity contribution in [2.24, 2.45) is 0 Å². The lowest BCUT2D eigenvalue weighted by atomic mass is 9.98. The predicted octanol–water partition coefficient (Wildman–Crippen LogP) is 2.56. The number of likely N-dealkylation sites (tertiary alicyclic amines) is 1. The summed E-state index contributed by atoms with van der Waals surface area (Å²) in [6.07, 6.45) is 3.77. The van der Waals surface area contributed by atoms with E-state index in [0.717, 1.165) is 49.9 Å². The number of aryl methyl sites for hydroxylation is 1. The summed E-state index contributed by atoms with van der Waals surface area (Å²) in [7, 11) is 4.16. The minimum Gasteiger partial charge on any atom is -0.390 e. The Morgan fingerprint density at radius 2 is 1.96 bits per heavy atom. The topological polar surface area (TPSA) is 43.8 Å². The van der Waals surface area contributed by atoms with Gasteiger partial charge in [0.2, 0.25) is 0 Å². The van der Waals surface area contributed by atoms with Gasteiger partial charge in [0.25, 0.3) is 5.91 Å². The van der Waals surface area contributed by atoms with Crippen LogP contribution in [0.3, 0.4) is 0 Å². The monoisotopic (exact) mass is 318 g/mol. The van der Waals surface area contributed by atoms with E-state index in [0.29, 0.717) is 6.04 Å². The molecule has 23 heavy (non-hydrogen) atoms. The van der Waals surface area contributed by atoms with Crippen molar-refractivity contribution < 1.29 is 9.90 Å². The summed E-state index contributed by atoms with van der Waals surface area (Å²) in [5, 5.41) is 9.80. The molecule has 1 aromatic carbocycles. The van der Waals surface area contributed by atoms with Crippen molar-refractivity contribution >= 4 is 5.91 Å². The standard InChI is InChI=1S/C19H30N2O2/c1-19(2,23)12-11-15-7-9-16(10-8-15)18(22)21-13-5-6-17(14-21)20(3)4/h7-10,17,23H,5-6,11-14H2,1-4H3/t17-/m0/s1. The second-order valence-corrected chi connectivity index (χ2v) is 7.52. The molecule has 1 aromatic rings. The van der Waals surface area contributed by atoms with Gasteiger partial charge in [-0.05, 0) is 71.3 Å². The summed E-state index contributed by atoms with van der Waals surface area (Å²) in [4.78, 5) is 16.8. The molecule has 0 radical (unpaired) electrons. The lowest BCUT2D eigenvalue weighted by molar-refractivity contribution is 0.0634. The average Bonchev–Trinajstić information content (AvgIpc) is 2.52. The number of carbonyl (C=O) groups excluding carboxylic acids is 1. The first-order valence-electron chi connectivity index (χ1n) is 8.53. The molecule has 1 N–H and O–H groups in total. The molecule has 0 spiro atoms. The van der Waals surface area contributed by atoms with E-state index in [1.54, 1.807) is 0 Å². The lowest BCUT2D eigenvalue weighted by Gasteiger charge is -2.36. The van der Waals surface area contributed by atoms with Gasteiger partial charge >= 0.3 is 0 Å². The van der Waals surface area contributed by atoms with E-state index >= 15 is 0 Å². The van der Waals surface area contributed by atoms with Crippen molar-refractivity contribution in [2.45, 2.75) is 51.2 Å². The van der Waals surface area contributed by atoms with E-state index < -0.39 is 5.60 Å². The number of hydrogen-bond donors (Lipinski definition) is 1. The van der Waals surface area contributed by atoms with Crippen LogP contribution >= 0.6 is 0 Å². The first kappa shape index (κ1) is 18.0. The van der Waals surface area contributed by atoms with Crippen LogP contribution in [0.15, 0.2) is 24.3 Å². The van der Waals surface area contributed by atoms with E-state index in [1.807, 2.05) is 43.0 Å². The Bertz CT molecular complexity index is 517. The minimum atomic E-state index is -0.649. The minimum absolute atomic E-state index is 0.130. The Morgan fingerprint density at radius 1 is 1.30 bits per heavy atom. The van der Waals surface area contributed by atoms with Crippen molar-refractivity contribution in [2.75, 3.05) is 27.2 Å². The van der Waals surface area contributed by atoms with Crippen LogP contribution in [0, 0.1) is 0 Å². The maximum absolute atomic E-state index is 12.7. The molecule has 1 saturated heterocycles. The highest BCUT2D eigenvalue weighted by molar-refractivity contribution is 5.94. The van der Waals surface area contributed by atoms with Gasteiger partial charge in [-0.25, -0.2) is 0 Å². The quantitative estimate of drug-likeness (QED) is 0.907. The van der Waals surface area contributed by atoms with Crippen LogP contribution in [0.4, 0.5) is 0 Å². The second-order valence-electron chi connectivity index (χ2n) is 7.52. The summed E-state index contributed by atoms with van der Waals surface area (Å²) in [5.74, 6) is 0.130. The lowest BCUT2D eigenvalue weighted by Crippen LogP contribution is -2.47. The van der Waals surface area contributed by atoms with Crippen molar-refractivity contribution in [1.29, 1.82) is 0 Å². The zero-order chi connectivity index (χ0) is 17.0. The number of hydrogen-bond acceptors (Lipinski definition) is 3. The molecule has 1 fully saturated rings. The van der Waals surface area contributed by atoms with E-state index in [-0.39, 0.29) is 5.91 Å². The molecule has 2 rings (SSSR count). The Kier molecular flexibility index (Phi) is 5.82. The molecule has 1 amide bonds. The van der Waals surface area contributed by atoms with Gasteiger partial charge in [0.15, 0.2) is 0 Å². The molecule has 0 aromatic heterocycles. The Morgan fingerprint density at radius 3 is 2.52 bits per heavy atom. The Balaban J connectivity index is 1.97. The van der Waals surface area contributed by atoms with Gasteiger partial charge in [-0.2, -0.15) is 0 Å². The summed E-state index contributed by atoms with van der Waals surface area (Å²) in [6, 6.07) is 8.31. The third kappa shape index (κ3) is 5.33. The fraction of sp³-hybridized carbons (Fsp3) is 0.632. The molecule has 0 unspecified atom stereocenters. The third-order valence-electron chi connectivity index (χ3n) is 4.64. The molecule has 0 aliphatic carbocycles. The van der Waals surface area contributed by atoms with Gasteiger partial charge < -0.3 is 14.9 Å². The molecule has 1 aliphatic rings. The van der Waals surface area contributed by atoms with E-state index in [2.05, 4.69) is 19.0 Å². The molecule has 4 heteroatoms. The number of rotatable bonds is 5. The van der Waals surface area contributed by atoms with Gasteiger partial charge in [-0.3, -0.25) is 4.79 Å². The van der Waals surface area contributed by atoms with Crippen LogP contribution in [0.1, 0.15) is 49.0 Å². The predicted molar refractivity (Wildman–Crippen MR) is 93.7 cm³/mol. The molecule has 0 saturated carbocycles. The second kappa shape index (κ2) is 7.45. The van der Waals surface area contributed by atoms with Crippen molar-refractivity contribution in [3.63, 3.8) is 0 Å². The van der Waals surface area contributed by atoms with Gasteiger partial charge in [-0.15, -0.1) is 0 Å². The van der Waals surface area contributed by atoms with E-state index in [1.165, 1.54) is 0 Å².